The van der Waals surface area contributed by atoms with Gasteiger partial charge in [0.25, 0.3) is 11.4 Å². The van der Waals surface area contributed by atoms with Gasteiger partial charge in [0.1, 0.15) is 5.75 Å². The fraction of sp³-hybridized carbons (Fsp3) is 0.111. The van der Waals surface area contributed by atoms with Crippen LogP contribution in [0.3, 0.4) is 0 Å². The Morgan fingerprint density at radius 3 is 2.54 bits per heavy atom. The van der Waals surface area contributed by atoms with E-state index >= 15 is 0 Å². The zero-order valence-corrected chi connectivity index (χ0v) is 14.7. The summed E-state index contributed by atoms with van der Waals surface area (Å²) in [7, 11) is 1.39. The van der Waals surface area contributed by atoms with E-state index in [0.717, 1.165) is 0 Å². The molecule has 2 aromatic rings. The average molecular weight is 383 g/mol. The molecule has 0 aromatic heterocycles. The van der Waals surface area contributed by atoms with Crippen molar-refractivity contribution in [2.45, 2.75) is 6.92 Å². The first-order valence-corrected chi connectivity index (χ1v) is 7.91. The summed E-state index contributed by atoms with van der Waals surface area (Å²) in [4.78, 5) is 37.3. The molecule has 0 N–H and O–H groups in total. The van der Waals surface area contributed by atoms with Crippen molar-refractivity contribution in [2.24, 2.45) is 4.99 Å². The van der Waals surface area contributed by atoms with Gasteiger partial charge in [-0.15, -0.1) is 0 Å². The molecule has 10 nitrogen and oxygen atoms in total. The van der Waals surface area contributed by atoms with Crippen LogP contribution in [0.2, 0.25) is 0 Å². The lowest BCUT2D eigenvalue weighted by molar-refractivity contribution is -0.385. The maximum Gasteiger partial charge on any atom is 0.363 e. The molecule has 0 atom stereocenters. The smallest absolute Gasteiger partial charge is 0.363 e. The zero-order chi connectivity index (χ0) is 20.4. The Bertz CT molecular complexity index is 1070. The molecule has 3 rings (SSSR count). The molecule has 0 unspecified atom stereocenters. The highest BCUT2D eigenvalue weighted by Gasteiger charge is 2.28. The van der Waals surface area contributed by atoms with Crippen molar-refractivity contribution in [3.63, 3.8) is 0 Å². The molecular formula is C18H13N3O7. The van der Waals surface area contributed by atoms with Crippen molar-refractivity contribution in [3.8, 4) is 5.75 Å². The maximum atomic E-state index is 12.2. The summed E-state index contributed by atoms with van der Waals surface area (Å²) in [6.45, 7) is 1.52. The number of nitro benzene ring substituents is 2. The summed E-state index contributed by atoms with van der Waals surface area (Å²) < 4.78 is 10.3. The molecule has 0 fully saturated rings. The molecule has 0 spiro atoms. The number of methoxy groups -OCH3 is 1. The topological polar surface area (TPSA) is 134 Å². The van der Waals surface area contributed by atoms with Gasteiger partial charge in [-0.05, 0) is 25.1 Å². The van der Waals surface area contributed by atoms with Gasteiger partial charge in [-0.1, -0.05) is 6.07 Å². The second-order valence-electron chi connectivity index (χ2n) is 5.73. The summed E-state index contributed by atoms with van der Waals surface area (Å²) in [6.07, 6.45) is 1.30. The van der Waals surface area contributed by atoms with Gasteiger partial charge >= 0.3 is 5.97 Å². The maximum absolute atomic E-state index is 12.2. The largest absolute Gasteiger partial charge is 0.496 e. The Hall–Kier alpha value is -4.08. The lowest BCUT2D eigenvalue weighted by atomic mass is 10.1. The van der Waals surface area contributed by atoms with Crippen LogP contribution in [-0.2, 0) is 9.53 Å². The molecular weight excluding hydrogens is 370 g/mol. The molecule has 10 heteroatoms. The number of non-ortho nitro benzene ring substituents is 1. The number of hydrogen-bond donors (Lipinski definition) is 0. The molecule has 1 aliphatic rings. The van der Waals surface area contributed by atoms with Gasteiger partial charge < -0.3 is 9.47 Å². The van der Waals surface area contributed by atoms with Crippen molar-refractivity contribution in [1.29, 1.82) is 0 Å². The Morgan fingerprint density at radius 2 is 1.89 bits per heavy atom. The van der Waals surface area contributed by atoms with Crippen LogP contribution in [0, 0.1) is 27.2 Å². The second kappa shape index (κ2) is 7.27. The van der Waals surface area contributed by atoms with Gasteiger partial charge in [0, 0.05) is 34.9 Å². The number of carbonyl (C=O) groups excluding carboxylic acids is 1. The highest BCUT2D eigenvalue weighted by Crippen LogP contribution is 2.29. The predicted octanol–water partition coefficient (Wildman–Crippen LogP) is 3.16. The van der Waals surface area contributed by atoms with Crippen LogP contribution in [0.1, 0.15) is 16.7 Å². The Labute approximate surface area is 158 Å². The summed E-state index contributed by atoms with van der Waals surface area (Å²) >= 11 is 0. The monoisotopic (exact) mass is 383 g/mol. The van der Waals surface area contributed by atoms with Crippen LogP contribution in [0.25, 0.3) is 6.08 Å². The fourth-order valence-corrected chi connectivity index (χ4v) is 2.67. The number of benzene rings is 2. The summed E-state index contributed by atoms with van der Waals surface area (Å²) in [5.41, 5.74) is 0.445. The van der Waals surface area contributed by atoms with Crippen LogP contribution in [0.4, 0.5) is 11.4 Å². The lowest BCUT2D eigenvalue weighted by Gasteiger charge is -2.04. The van der Waals surface area contributed by atoms with Gasteiger partial charge in [0.05, 0.1) is 17.0 Å². The molecule has 0 amide bonds. The van der Waals surface area contributed by atoms with Crippen molar-refractivity contribution < 1.29 is 24.1 Å². The highest BCUT2D eigenvalue weighted by molar-refractivity contribution is 6.13. The SMILES string of the molecule is COc1ccc([N+](=O)[O-])cc1/C=C1\N=C(c2cccc([N+](=O)[O-])c2C)OC1=O. The van der Waals surface area contributed by atoms with Crippen LogP contribution in [0.15, 0.2) is 47.1 Å². The second-order valence-corrected chi connectivity index (χ2v) is 5.73. The summed E-state index contributed by atoms with van der Waals surface area (Å²) in [5.74, 6) is -0.558. The number of nitrogens with zero attached hydrogens (tertiary/aromatic N) is 3. The van der Waals surface area contributed by atoms with Gasteiger partial charge in [-0.2, -0.15) is 0 Å². The molecule has 0 aliphatic carbocycles. The quantitative estimate of drug-likeness (QED) is 0.335. The number of esters is 1. The number of rotatable bonds is 5. The van der Waals surface area contributed by atoms with Crippen molar-refractivity contribution in [2.75, 3.05) is 7.11 Å². The number of cyclic esters (lactones) is 1. The minimum atomic E-state index is -0.783. The third-order valence-electron chi connectivity index (χ3n) is 4.07. The van der Waals surface area contributed by atoms with Gasteiger partial charge in [0.2, 0.25) is 5.90 Å². The third-order valence-corrected chi connectivity index (χ3v) is 4.07. The van der Waals surface area contributed by atoms with Crippen molar-refractivity contribution in [1.82, 2.24) is 0 Å². The average Bonchev–Trinajstić information content (AvgIpc) is 3.01. The van der Waals surface area contributed by atoms with E-state index in [4.69, 9.17) is 9.47 Å². The first-order chi connectivity index (χ1) is 13.3. The molecule has 28 heavy (non-hydrogen) atoms. The minimum absolute atomic E-state index is 0.0816. The van der Waals surface area contributed by atoms with Crippen LogP contribution < -0.4 is 4.74 Å². The van der Waals surface area contributed by atoms with E-state index in [-0.39, 0.29) is 28.5 Å². The van der Waals surface area contributed by atoms with Crippen LogP contribution >= 0.6 is 0 Å². The molecule has 0 radical (unpaired) electrons. The van der Waals surface area contributed by atoms with Gasteiger partial charge in [-0.25, -0.2) is 9.79 Å². The van der Waals surface area contributed by atoms with E-state index in [0.29, 0.717) is 16.9 Å². The summed E-state index contributed by atoms with van der Waals surface area (Å²) in [5, 5.41) is 22.1. The third kappa shape index (κ3) is 3.43. The highest BCUT2D eigenvalue weighted by atomic mass is 16.6. The van der Waals surface area contributed by atoms with E-state index in [2.05, 4.69) is 4.99 Å². The number of carbonyl (C=O) groups is 1. The fourth-order valence-electron chi connectivity index (χ4n) is 2.67. The molecule has 0 bridgehead atoms. The number of hydrogen-bond acceptors (Lipinski definition) is 8. The van der Waals surface area contributed by atoms with E-state index in [1.165, 1.54) is 50.4 Å². The minimum Gasteiger partial charge on any atom is -0.496 e. The Morgan fingerprint density at radius 1 is 1.14 bits per heavy atom. The van der Waals surface area contributed by atoms with Crippen LogP contribution in [0.5, 0.6) is 5.75 Å². The number of aliphatic imine (C=N–C) groups is 1. The molecule has 0 saturated carbocycles. The first kappa shape index (κ1) is 18.7. The molecule has 0 saturated heterocycles. The van der Waals surface area contributed by atoms with Crippen LogP contribution in [-0.4, -0.2) is 28.8 Å². The first-order valence-electron chi connectivity index (χ1n) is 7.91. The van der Waals surface area contributed by atoms with Crippen molar-refractivity contribution >= 4 is 29.3 Å². The van der Waals surface area contributed by atoms with E-state index in [1.807, 2.05) is 0 Å². The number of nitro groups is 2. The standard InChI is InChI=1S/C18H13N3O7/c1-10-13(4-3-5-15(10)21(25)26)17-19-14(18(22)28-17)9-11-8-12(20(23)24)6-7-16(11)27-2/h3-9H,1-2H3/b14-9-. The molecule has 2 aromatic carbocycles. The van der Waals surface area contributed by atoms with E-state index < -0.39 is 15.8 Å². The predicted molar refractivity (Wildman–Crippen MR) is 98.1 cm³/mol. The van der Waals surface area contributed by atoms with E-state index in [1.54, 1.807) is 6.07 Å². The Balaban J connectivity index is 2.06. The van der Waals surface area contributed by atoms with Crippen molar-refractivity contribution in [3.05, 3.63) is 79.0 Å². The van der Waals surface area contributed by atoms with E-state index in [9.17, 15) is 25.0 Å². The molecule has 142 valence electrons. The molecule has 1 heterocycles. The zero-order valence-electron chi connectivity index (χ0n) is 14.7. The lowest BCUT2D eigenvalue weighted by Crippen LogP contribution is -2.08. The Kier molecular flexibility index (Phi) is 4.86. The van der Waals surface area contributed by atoms with Gasteiger partial charge in [-0.3, -0.25) is 20.2 Å². The van der Waals surface area contributed by atoms with Gasteiger partial charge in [0.15, 0.2) is 5.70 Å². The summed E-state index contributed by atoms with van der Waals surface area (Å²) in [6, 6.07) is 8.26. The molecule has 1 aliphatic heterocycles. The normalized spacial score (nSPS) is 14.6. The number of ether oxygens (including phenoxy) is 2.